The SMILES string of the molecule is COc1cc(NC(=O)[C@@H]2Cc3ccc(C)cc3S2)cc(OC)c1. The van der Waals surface area contributed by atoms with Crippen molar-refractivity contribution in [3.05, 3.63) is 47.5 Å². The molecule has 5 heteroatoms. The van der Waals surface area contributed by atoms with Crippen LogP contribution in [0.5, 0.6) is 11.5 Å². The molecule has 0 fully saturated rings. The zero-order valence-corrected chi connectivity index (χ0v) is 14.2. The van der Waals surface area contributed by atoms with Gasteiger partial charge in [-0.1, -0.05) is 17.7 Å². The summed E-state index contributed by atoms with van der Waals surface area (Å²) < 4.78 is 10.5. The summed E-state index contributed by atoms with van der Waals surface area (Å²) in [5, 5.41) is 2.86. The second-order valence-corrected chi connectivity index (χ2v) is 6.76. The lowest BCUT2D eigenvalue weighted by Gasteiger charge is -2.12. The Hall–Kier alpha value is -2.14. The van der Waals surface area contributed by atoms with E-state index < -0.39 is 0 Å². The zero-order chi connectivity index (χ0) is 16.4. The summed E-state index contributed by atoms with van der Waals surface area (Å²) in [5.74, 6) is 1.30. The van der Waals surface area contributed by atoms with E-state index >= 15 is 0 Å². The van der Waals surface area contributed by atoms with Gasteiger partial charge in [0.2, 0.25) is 5.91 Å². The van der Waals surface area contributed by atoms with Gasteiger partial charge in [-0.2, -0.15) is 0 Å². The molecule has 0 saturated heterocycles. The number of hydrogen-bond donors (Lipinski definition) is 1. The van der Waals surface area contributed by atoms with E-state index in [1.165, 1.54) is 16.0 Å². The zero-order valence-electron chi connectivity index (χ0n) is 13.4. The fraction of sp³-hybridized carbons (Fsp3) is 0.278. The first-order valence-corrected chi connectivity index (χ1v) is 8.27. The monoisotopic (exact) mass is 329 g/mol. The highest BCUT2D eigenvalue weighted by Crippen LogP contribution is 2.38. The van der Waals surface area contributed by atoms with Crippen LogP contribution in [0.2, 0.25) is 0 Å². The molecule has 120 valence electrons. The molecule has 0 spiro atoms. The van der Waals surface area contributed by atoms with E-state index in [1.807, 2.05) is 0 Å². The maximum atomic E-state index is 12.6. The van der Waals surface area contributed by atoms with Crippen molar-refractivity contribution in [2.45, 2.75) is 23.5 Å². The molecular weight excluding hydrogens is 310 g/mol. The van der Waals surface area contributed by atoms with Crippen LogP contribution in [0.15, 0.2) is 41.3 Å². The number of nitrogens with one attached hydrogen (secondary N) is 1. The van der Waals surface area contributed by atoms with Crippen molar-refractivity contribution in [1.82, 2.24) is 0 Å². The lowest BCUT2D eigenvalue weighted by Crippen LogP contribution is -2.24. The molecule has 2 aromatic carbocycles. The molecule has 0 aliphatic carbocycles. The van der Waals surface area contributed by atoms with Crippen LogP contribution >= 0.6 is 11.8 Å². The number of ether oxygens (including phenoxy) is 2. The van der Waals surface area contributed by atoms with Crippen LogP contribution in [0.25, 0.3) is 0 Å². The van der Waals surface area contributed by atoms with E-state index in [9.17, 15) is 4.79 Å². The summed E-state index contributed by atoms with van der Waals surface area (Å²) in [6.07, 6.45) is 0.757. The number of amides is 1. The summed E-state index contributed by atoms with van der Waals surface area (Å²) in [6, 6.07) is 11.7. The molecule has 23 heavy (non-hydrogen) atoms. The number of carbonyl (C=O) groups excluding carboxylic acids is 1. The van der Waals surface area contributed by atoms with Gasteiger partial charge in [0, 0.05) is 28.8 Å². The van der Waals surface area contributed by atoms with E-state index in [1.54, 1.807) is 44.2 Å². The summed E-state index contributed by atoms with van der Waals surface area (Å²) in [7, 11) is 3.18. The van der Waals surface area contributed by atoms with Crippen LogP contribution < -0.4 is 14.8 Å². The maximum Gasteiger partial charge on any atom is 0.238 e. The fourth-order valence-electron chi connectivity index (χ4n) is 2.58. The summed E-state index contributed by atoms with van der Waals surface area (Å²) in [4.78, 5) is 13.8. The van der Waals surface area contributed by atoms with Crippen LogP contribution in [0.4, 0.5) is 5.69 Å². The first-order valence-electron chi connectivity index (χ1n) is 7.39. The molecule has 2 aromatic rings. The molecule has 3 rings (SSSR count). The molecule has 4 nitrogen and oxygen atoms in total. The van der Waals surface area contributed by atoms with Gasteiger partial charge in [0.05, 0.1) is 19.5 Å². The van der Waals surface area contributed by atoms with Gasteiger partial charge in [-0.3, -0.25) is 4.79 Å². The van der Waals surface area contributed by atoms with E-state index in [0.29, 0.717) is 17.2 Å². The first-order chi connectivity index (χ1) is 11.1. The highest BCUT2D eigenvalue weighted by molar-refractivity contribution is 8.01. The molecule has 0 unspecified atom stereocenters. The molecule has 1 amide bonds. The number of thioether (sulfide) groups is 1. The number of rotatable bonds is 4. The van der Waals surface area contributed by atoms with Gasteiger partial charge < -0.3 is 14.8 Å². The minimum Gasteiger partial charge on any atom is -0.497 e. The molecule has 0 aromatic heterocycles. The van der Waals surface area contributed by atoms with Gasteiger partial charge in [-0.25, -0.2) is 0 Å². The molecule has 0 bridgehead atoms. The molecule has 0 saturated carbocycles. The van der Waals surface area contributed by atoms with Crippen LogP contribution in [0, 0.1) is 6.92 Å². The summed E-state index contributed by atoms with van der Waals surface area (Å²) >= 11 is 1.62. The Labute approximate surface area is 140 Å². The molecule has 1 aliphatic rings. The average molecular weight is 329 g/mol. The van der Waals surface area contributed by atoms with Crippen LogP contribution in [-0.4, -0.2) is 25.4 Å². The lowest BCUT2D eigenvalue weighted by atomic mass is 10.1. The minimum atomic E-state index is -0.107. The third-order valence-corrected chi connectivity index (χ3v) is 5.11. The first kappa shape index (κ1) is 15.7. The molecule has 1 N–H and O–H groups in total. The van der Waals surface area contributed by atoms with Crippen LogP contribution in [0.3, 0.4) is 0 Å². The number of methoxy groups -OCH3 is 2. The Morgan fingerprint density at radius 3 is 2.48 bits per heavy atom. The van der Waals surface area contributed by atoms with E-state index in [-0.39, 0.29) is 11.2 Å². The number of benzene rings is 2. The number of hydrogen-bond acceptors (Lipinski definition) is 4. The van der Waals surface area contributed by atoms with Crippen molar-refractivity contribution < 1.29 is 14.3 Å². The van der Waals surface area contributed by atoms with E-state index in [2.05, 4.69) is 30.4 Å². The van der Waals surface area contributed by atoms with Crippen LogP contribution in [0.1, 0.15) is 11.1 Å². The third-order valence-electron chi connectivity index (χ3n) is 3.81. The number of aryl methyl sites for hydroxylation is 1. The number of anilines is 1. The van der Waals surface area contributed by atoms with Crippen molar-refractivity contribution >= 4 is 23.4 Å². The summed E-state index contributed by atoms with van der Waals surface area (Å²) in [6.45, 7) is 2.07. The van der Waals surface area contributed by atoms with Gasteiger partial charge in [0.1, 0.15) is 11.5 Å². The van der Waals surface area contributed by atoms with E-state index in [4.69, 9.17) is 9.47 Å². The maximum absolute atomic E-state index is 12.6. The Balaban J connectivity index is 1.73. The van der Waals surface area contributed by atoms with Gasteiger partial charge >= 0.3 is 0 Å². The molecule has 1 atom stereocenters. The number of fused-ring (bicyclic) bond motifs is 1. The Kier molecular flexibility index (Phi) is 4.48. The van der Waals surface area contributed by atoms with Gasteiger partial charge in [-0.15, -0.1) is 11.8 Å². The normalized spacial score (nSPS) is 15.9. The highest BCUT2D eigenvalue weighted by Gasteiger charge is 2.28. The predicted octanol–water partition coefficient (Wildman–Crippen LogP) is 3.67. The standard InChI is InChI=1S/C18H19NO3S/c1-11-4-5-12-7-17(23-16(12)6-11)18(20)19-13-8-14(21-2)10-15(9-13)22-3/h4-6,8-10,17H,7H2,1-3H3,(H,19,20)/t17-/m0/s1. The second-order valence-electron chi connectivity index (χ2n) is 5.51. The average Bonchev–Trinajstić information content (AvgIpc) is 2.97. The largest absolute Gasteiger partial charge is 0.497 e. The lowest BCUT2D eigenvalue weighted by molar-refractivity contribution is -0.115. The Morgan fingerprint density at radius 2 is 1.83 bits per heavy atom. The third kappa shape index (κ3) is 3.45. The molecule has 1 aliphatic heterocycles. The molecular formula is C18H19NO3S. The van der Waals surface area contributed by atoms with Crippen molar-refractivity contribution in [2.75, 3.05) is 19.5 Å². The van der Waals surface area contributed by atoms with Gasteiger partial charge in [0.25, 0.3) is 0 Å². The van der Waals surface area contributed by atoms with Crippen molar-refractivity contribution in [2.24, 2.45) is 0 Å². The van der Waals surface area contributed by atoms with Gasteiger partial charge in [-0.05, 0) is 25.0 Å². The Bertz CT molecular complexity index is 723. The molecule has 0 radical (unpaired) electrons. The smallest absolute Gasteiger partial charge is 0.238 e. The quantitative estimate of drug-likeness (QED) is 0.930. The summed E-state index contributed by atoms with van der Waals surface area (Å²) in [5.41, 5.74) is 3.14. The van der Waals surface area contributed by atoms with Gasteiger partial charge in [0.15, 0.2) is 0 Å². The minimum absolute atomic E-state index is 0.000779. The number of carbonyl (C=O) groups is 1. The van der Waals surface area contributed by atoms with E-state index in [0.717, 1.165) is 6.42 Å². The topological polar surface area (TPSA) is 47.6 Å². The van der Waals surface area contributed by atoms with Crippen molar-refractivity contribution in [3.63, 3.8) is 0 Å². The highest BCUT2D eigenvalue weighted by atomic mass is 32.2. The van der Waals surface area contributed by atoms with Crippen molar-refractivity contribution in [3.8, 4) is 11.5 Å². The predicted molar refractivity (Wildman–Crippen MR) is 92.7 cm³/mol. The molecule has 1 heterocycles. The second kappa shape index (κ2) is 6.54. The van der Waals surface area contributed by atoms with Crippen molar-refractivity contribution in [1.29, 1.82) is 0 Å². The van der Waals surface area contributed by atoms with Crippen LogP contribution in [-0.2, 0) is 11.2 Å². The fourth-order valence-corrected chi connectivity index (χ4v) is 3.88. The Morgan fingerprint density at radius 1 is 1.13 bits per heavy atom.